The third kappa shape index (κ3) is 3.53. The molecule has 19 heavy (non-hydrogen) atoms. The average molecular weight is 322 g/mol. The molecule has 3 nitrogen and oxygen atoms in total. The van der Waals surface area contributed by atoms with Crippen molar-refractivity contribution in [2.24, 2.45) is 5.41 Å². The normalized spacial score (nSPS) is 18.4. The zero-order valence-corrected chi connectivity index (χ0v) is 12.6. The maximum Gasteiger partial charge on any atom is 0.168 e. The molecule has 0 spiro atoms. The number of ketones is 2. The Bertz CT molecular complexity index is 522. The van der Waals surface area contributed by atoms with E-state index in [0.29, 0.717) is 12.8 Å². The summed E-state index contributed by atoms with van der Waals surface area (Å²) in [6.07, 6.45) is 2.38. The van der Waals surface area contributed by atoms with Gasteiger partial charge in [-0.2, -0.15) is 0 Å². The van der Waals surface area contributed by atoms with Crippen molar-refractivity contribution in [3.05, 3.63) is 40.5 Å². The molecule has 4 heteroatoms. The van der Waals surface area contributed by atoms with Gasteiger partial charge in [-0.25, -0.2) is 0 Å². The summed E-state index contributed by atoms with van der Waals surface area (Å²) < 4.78 is 0.984. The van der Waals surface area contributed by atoms with Gasteiger partial charge >= 0.3 is 0 Å². The number of hydrogen-bond acceptors (Lipinski definition) is 3. The van der Waals surface area contributed by atoms with E-state index in [4.69, 9.17) is 0 Å². The summed E-state index contributed by atoms with van der Waals surface area (Å²) in [4.78, 5) is 23.9. The summed E-state index contributed by atoms with van der Waals surface area (Å²) in [6, 6.07) is 7.55. The van der Waals surface area contributed by atoms with Crippen molar-refractivity contribution in [3.8, 4) is 0 Å². The molecule has 1 aromatic carbocycles. The molecule has 0 bridgehead atoms. The first kappa shape index (κ1) is 14.0. The average Bonchev–Trinajstić information content (AvgIpc) is 2.29. The molecule has 2 rings (SSSR count). The first-order chi connectivity index (χ1) is 8.87. The van der Waals surface area contributed by atoms with Crippen molar-refractivity contribution in [1.82, 2.24) is 0 Å². The molecule has 1 aliphatic rings. The molecule has 1 aliphatic carbocycles. The van der Waals surface area contributed by atoms with Gasteiger partial charge in [0.1, 0.15) is 0 Å². The van der Waals surface area contributed by atoms with Gasteiger partial charge in [-0.1, -0.05) is 29.8 Å². The Hall–Kier alpha value is -1.42. The van der Waals surface area contributed by atoms with Crippen LogP contribution in [0.3, 0.4) is 0 Å². The summed E-state index contributed by atoms with van der Waals surface area (Å²) in [7, 11) is 0. The minimum absolute atomic E-state index is 0.0779. The predicted molar refractivity (Wildman–Crippen MR) is 78.9 cm³/mol. The summed E-state index contributed by atoms with van der Waals surface area (Å²) in [5.41, 5.74) is 0.909. The molecule has 0 radical (unpaired) electrons. The van der Waals surface area contributed by atoms with Crippen LogP contribution in [0.2, 0.25) is 0 Å². The number of carbonyl (C=O) groups excluding carboxylic acids is 2. The van der Waals surface area contributed by atoms with Crippen LogP contribution >= 0.6 is 15.9 Å². The second kappa shape index (κ2) is 5.29. The molecule has 0 amide bonds. The van der Waals surface area contributed by atoms with Crippen LogP contribution in [0.4, 0.5) is 5.69 Å². The SMILES string of the molecule is CC1(C)CC(=O)C(=CNc2ccc(Br)cc2)C(=O)C1. The quantitative estimate of drug-likeness (QED) is 0.667. The van der Waals surface area contributed by atoms with Crippen LogP contribution in [0.1, 0.15) is 26.7 Å². The second-order valence-corrected chi connectivity index (χ2v) is 6.49. The number of benzene rings is 1. The number of Topliss-reactive ketones (excluding diaryl/α,β-unsaturated/α-hetero) is 2. The van der Waals surface area contributed by atoms with E-state index in [0.717, 1.165) is 10.2 Å². The molecular formula is C15H16BrNO2. The highest BCUT2D eigenvalue weighted by atomic mass is 79.9. The molecule has 0 saturated heterocycles. The van der Waals surface area contributed by atoms with Crippen molar-refractivity contribution in [2.45, 2.75) is 26.7 Å². The highest BCUT2D eigenvalue weighted by Gasteiger charge is 2.35. The lowest BCUT2D eigenvalue weighted by molar-refractivity contribution is -0.127. The summed E-state index contributed by atoms with van der Waals surface area (Å²) in [6.45, 7) is 3.89. The number of rotatable bonds is 2. The van der Waals surface area contributed by atoms with Crippen LogP contribution in [-0.4, -0.2) is 11.6 Å². The third-order valence-corrected chi connectivity index (χ3v) is 3.64. The van der Waals surface area contributed by atoms with Gasteiger partial charge in [-0.3, -0.25) is 9.59 Å². The summed E-state index contributed by atoms with van der Waals surface area (Å²) in [5.74, 6) is -0.156. The minimum atomic E-state index is -0.219. The van der Waals surface area contributed by atoms with Gasteiger partial charge in [0, 0.05) is 29.2 Å². The van der Waals surface area contributed by atoms with Crippen LogP contribution < -0.4 is 5.32 Å². The van der Waals surface area contributed by atoms with E-state index in [9.17, 15) is 9.59 Å². The topological polar surface area (TPSA) is 46.2 Å². The van der Waals surface area contributed by atoms with Gasteiger partial charge in [0.2, 0.25) is 0 Å². The Labute approximate surface area is 121 Å². The molecule has 1 N–H and O–H groups in total. The number of allylic oxidation sites excluding steroid dienone is 1. The van der Waals surface area contributed by atoms with Crippen LogP contribution in [0.15, 0.2) is 40.5 Å². The lowest BCUT2D eigenvalue weighted by Crippen LogP contribution is -2.31. The minimum Gasteiger partial charge on any atom is -0.361 e. The zero-order chi connectivity index (χ0) is 14.0. The highest BCUT2D eigenvalue weighted by molar-refractivity contribution is 9.10. The van der Waals surface area contributed by atoms with Crippen LogP contribution in [-0.2, 0) is 9.59 Å². The van der Waals surface area contributed by atoms with E-state index >= 15 is 0 Å². The third-order valence-electron chi connectivity index (χ3n) is 3.11. The van der Waals surface area contributed by atoms with E-state index in [1.807, 2.05) is 38.1 Å². The molecule has 0 aromatic heterocycles. The lowest BCUT2D eigenvalue weighted by Gasteiger charge is -2.28. The Morgan fingerprint density at radius 1 is 1.11 bits per heavy atom. The largest absolute Gasteiger partial charge is 0.361 e. The van der Waals surface area contributed by atoms with Gasteiger partial charge in [-0.05, 0) is 29.7 Å². The fraction of sp³-hybridized carbons (Fsp3) is 0.333. The van der Waals surface area contributed by atoms with Gasteiger partial charge in [-0.15, -0.1) is 0 Å². The van der Waals surface area contributed by atoms with E-state index in [1.54, 1.807) is 0 Å². The number of carbonyl (C=O) groups is 2. The Kier molecular flexibility index (Phi) is 3.90. The molecule has 0 heterocycles. The molecule has 100 valence electrons. The highest BCUT2D eigenvalue weighted by Crippen LogP contribution is 2.33. The monoisotopic (exact) mass is 321 g/mol. The smallest absolute Gasteiger partial charge is 0.168 e. The molecule has 1 fully saturated rings. The van der Waals surface area contributed by atoms with Gasteiger partial charge < -0.3 is 5.32 Å². The van der Waals surface area contributed by atoms with E-state index < -0.39 is 0 Å². The molecule has 0 atom stereocenters. The Balaban J connectivity index is 2.13. The fourth-order valence-electron chi connectivity index (χ4n) is 2.14. The predicted octanol–water partition coefficient (Wildman–Crippen LogP) is 3.70. The molecule has 0 unspecified atom stereocenters. The number of anilines is 1. The van der Waals surface area contributed by atoms with Crippen LogP contribution in [0, 0.1) is 5.41 Å². The summed E-state index contributed by atoms with van der Waals surface area (Å²) in [5, 5.41) is 3.01. The maximum absolute atomic E-state index is 12.0. The molecule has 0 aliphatic heterocycles. The standard InChI is InChI=1S/C15H16BrNO2/c1-15(2)7-13(18)12(14(19)8-15)9-17-11-5-3-10(16)4-6-11/h3-6,9,17H,7-8H2,1-2H3. The van der Waals surface area contributed by atoms with E-state index in [-0.39, 0.29) is 22.6 Å². The fourth-order valence-corrected chi connectivity index (χ4v) is 2.40. The van der Waals surface area contributed by atoms with E-state index in [1.165, 1.54) is 6.20 Å². The van der Waals surface area contributed by atoms with Crippen molar-refractivity contribution < 1.29 is 9.59 Å². The molecular weight excluding hydrogens is 306 g/mol. The molecule has 1 aromatic rings. The summed E-state index contributed by atoms with van der Waals surface area (Å²) >= 11 is 3.35. The van der Waals surface area contributed by atoms with Crippen molar-refractivity contribution in [1.29, 1.82) is 0 Å². The van der Waals surface area contributed by atoms with Crippen molar-refractivity contribution >= 4 is 33.2 Å². The first-order valence-corrected chi connectivity index (χ1v) is 6.95. The lowest BCUT2D eigenvalue weighted by atomic mass is 9.74. The number of hydrogen-bond donors (Lipinski definition) is 1. The maximum atomic E-state index is 12.0. The number of nitrogens with one attached hydrogen (secondary N) is 1. The van der Waals surface area contributed by atoms with Gasteiger partial charge in [0.15, 0.2) is 11.6 Å². The van der Waals surface area contributed by atoms with Gasteiger partial charge in [0.05, 0.1) is 5.57 Å². The Morgan fingerprint density at radius 2 is 1.63 bits per heavy atom. The van der Waals surface area contributed by atoms with Crippen LogP contribution in [0.25, 0.3) is 0 Å². The van der Waals surface area contributed by atoms with Crippen LogP contribution in [0.5, 0.6) is 0 Å². The zero-order valence-electron chi connectivity index (χ0n) is 11.0. The second-order valence-electron chi connectivity index (χ2n) is 5.57. The molecule has 1 saturated carbocycles. The van der Waals surface area contributed by atoms with Gasteiger partial charge in [0.25, 0.3) is 0 Å². The number of halogens is 1. The Morgan fingerprint density at radius 3 is 2.16 bits per heavy atom. The van der Waals surface area contributed by atoms with E-state index in [2.05, 4.69) is 21.2 Å². The first-order valence-electron chi connectivity index (χ1n) is 6.16. The van der Waals surface area contributed by atoms with Crippen molar-refractivity contribution in [2.75, 3.05) is 5.32 Å². The van der Waals surface area contributed by atoms with Crippen molar-refractivity contribution in [3.63, 3.8) is 0 Å².